The van der Waals surface area contributed by atoms with E-state index in [2.05, 4.69) is 10.5 Å². The van der Waals surface area contributed by atoms with Crippen molar-refractivity contribution in [1.29, 1.82) is 0 Å². The van der Waals surface area contributed by atoms with Gasteiger partial charge >= 0.3 is 0 Å². The molecule has 0 saturated heterocycles. The largest absolute Gasteiger partial charge is 0.391 e. The van der Waals surface area contributed by atoms with Gasteiger partial charge in [0, 0.05) is 18.5 Å². The molecule has 0 aliphatic heterocycles. The first-order chi connectivity index (χ1) is 8.40. The van der Waals surface area contributed by atoms with Crippen LogP contribution in [0.1, 0.15) is 56.3 Å². The number of hydrogen-bond donors (Lipinski definition) is 2. The smallest absolute Gasteiger partial charge is 0.273 e. The maximum atomic E-state index is 11.7. The standard InChI is InChI=1S/C13H22N2O3/c1-8(2)5-10(16)7-14-13(17)11-6-12(9(3)4)18-15-11/h6,8-10,16H,5,7H2,1-4H3,(H,14,17). The molecule has 1 unspecified atom stereocenters. The molecule has 102 valence electrons. The topological polar surface area (TPSA) is 75.4 Å². The lowest BCUT2D eigenvalue weighted by Gasteiger charge is -2.12. The summed E-state index contributed by atoms with van der Waals surface area (Å²) in [6, 6.07) is 1.63. The lowest BCUT2D eigenvalue weighted by atomic mass is 10.1. The number of carbonyl (C=O) groups excluding carboxylic acids is 1. The Bertz CT molecular complexity index is 385. The second kappa shape index (κ2) is 6.54. The Morgan fingerprint density at radius 1 is 1.44 bits per heavy atom. The average molecular weight is 254 g/mol. The summed E-state index contributed by atoms with van der Waals surface area (Å²) in [7, 11) is 0. The number of hydrogen-bond acceptors (Lipinski definition) is 4. The van der Waals surface area contributed by atoms with E-state index in [0.29, 0.717) is 18.1 Å². The van der Waals surface area contributed by atoms with Crippen molar-refractivity contribution in [3.63, 3.8) is 0 Å². The molecular formula is C13H22N2O3. The van der Waals surface area contributed by atoms with Crippen LogP contribution in [0.15, 0.2) is 10.6 Å². The van der Waals surface area contributed by atoms with Gasteiger partial charge in [0.05, 0.1) is 6.10 Å². The van der Waals surface area contributed by atoms with Gasteiger partial charge in [0.25, 0.3) is 5.91 Å². The summed E-state index contributed by atoms with van der Waals surface area (Å²) in [6.07, 6.45) is 0.140. The van der Waals surface area contributed by atoms with E-state index in [4.69, 9.17) is 4.52 Å². The Labute approximate surface area is 108 Å². The van der Waals surface area contributed by atoms with Crippen molar-refractivity contribution in [3.8, 4) is 0 Å². The van der Waals surface area contributed by atoms with Crippen LogP contribution >= 0.6 is 0 Å². The molecule has 0 spiro atoms. The number of carbonyl (C=O) groups is 1. The molecule has 1 amide bonds. The highest BCUT2D eigenvalue weighted by molar-refractivity contribution is 5.92. The van der Waals surface area contributed by atoms with Crippen LogP contribution < -0.4 is 5.32 Å². The highest BCUT2D eigenvalue weighted by atomic mass is 16.5. The third kappa shape index (κ3) is 4.49. The van der Waals surface area contributed by atoms with E-state index in [-0.39, 0.29) is 24.1 Å². The Kier molecular flexibility index (Phi) is 5.34. The first kappa shape index (κ1) is 14.7. The lowest BCUT2D eigenvalue weighted by molar-refractivity contribution is 0.0891. The molecule has 0 fully saturated rings. The van der Waals surface area contributed by atoms with Crippen molar-refractivity contribution in [3.05, 3.63) is 17.5 Å². The van der Waals surface area contributed by atoms with Gasteiger partial charge in [0.2, 0.25) is 0 Å². The van der Waals surface area contributed by atoms with Crippen molar-refractivity contribution < 1.29 is 14.4 Å². The SMILES string of the molecule is CC(C)CC(O)CNC(=O)c1cc(C(C)C)on1. The van der Waals surface area contributed by atoms with Gasteiger partial charge in [-0.1, -0.05) is 32.9 Å². The fourth-order valence-electron chi connectivity index (χ4n) is 1.60. The quantitative estimate of drug-likeness (QED) is 0.813. The van der Waals surface area contributed by atoms with E-state index < -0.39 is 6.10 Å². The van der Waals surface area contributed by atoms with E-state index in [1.54, 1.807) is 6.07 Å². The molecular weight excluding hydrogens is 232 g/mol. The first-order valence-corrected chi connectivity index (χ1v) is 6.33. The summed E-state index contributed by atoms with van der Waals surface area (Å²) in [5.74, 6) is 0.971. The first-order valence-electron chi connectivity index (χ1n) is 6.33. The van der Waals surface area contributed by atoms with Gasteiger partial charge in [-0.2, -0.15) is 0 Å². The van der Waals surface area contributed by atoms with Crippen molar-refractivity contribution in [2.45, 2.75) is 46.1 Å². The van der Waals surface area contributed by atoms with Gasteiger partial charge in [-0.3, -0.25) is 4.79 Å². The maximum absolute atomic E-state index is 11.7. The van der Waals surface area contributed by atoms with Crippen LogP contribution in [0.2, 0.25) is 0 Å². The molecule has 1 atom stereocenters. The van der Waals surface area contributed by atoms with Crippen molar-refractivity contribution in [2.75, 3.05) is 6.54 Å². The van der Waals surface area contributed by atoms with E-state index in [1.807, 2.05) is 27.7 Å². The van der Waals surface area contributed by atoms with Gasteiger partial charge < -0.3 is 14.9 Å². The molecule has 2 N–H and O–H groups in total. The molecule has 18 heavy (non-hydrogen) atoms. The number of nitrogens with zero attached hydrogens (tertiary/aromatic N) is 1. The predicted octanol–water partition coefficient (Wildman–Crippen LogP) is 1.93. The van der Waals surface area contributed by atoms with Gasteiger partial charge in [-0.25, -0.2) is 0 Å². The van der Waals surface area contributed by atoms with Crippen LogP contribution in [0.25, 0.3) is 0 Å². The molecule has 0 bridgehead atoms. The normalized spacial score (nSPS) is 13.1. The zero-order valence-electron chi connectivity index (χ0n) is 11.4. The number of amides is 1. The number of aromatic nitrogens is 1. The minimum atomic E-state index is -0.523. The Hall–Kier alpha value is -1.36. The summed E-state index contributed by atoms with van der Waals surface area (Å²) in [5, 5.41) is 16.0. The molecule has 5 nitrogen and oxygen atoms in total. The Morgan fingerprint density at radius 2 is 2.11 bits per heavy atom. The van der Waals surface area contributed by atoms with Crippen molar-refractivity contribution in [2.24, 2.45) is 5.92 Å². The highest BCUT2D eigenvalue weighted by Crippen LogP contribution is 2.14. The second-order valence-corrected chi connectivity index (χ2v) is 5.26. The fourth-order valence-corrected chi connectivity index (χ4v) is 1.60. The van der Waals surface area contributed by atoms with Gasteiger partial charge in [-0.15, -0.1) is 0 Å². The molecule has 0 radical (unpaired) electrons. The third-order valence-electron chi connectivity index (χ3n) is 2.57. The zero-order valence-corrected chi connectivity index (χ0v) is 11.4. The summed E-state index contributed by atoms with van der Waals surface area (Å²) >= 11 is 0. The van der Waals surface area contributed by atoms with Crippen LogP contribution in [-0.4, -0.2) is 28.8 Å². The van der Waals surface area contributed by atoms with E-state index in [1.165, 1.54) is 0 Å². The fraction of sp³-hybridized carbons (Fsp3) is 0.692. The van der Waals surface area contributed by atoms with Crippen molar-refractivity contribution >= 4 is 5.91 Å². The van der Waals surface area contributed by atoms with E-state index >= 15 is 0 Å². The maximum Gasteiger partial charge on any atom is 0.273 e. The van der Waals surface area contributed by atoms with Crippen LogP contribution in [0, 0.1) is 5.92 Å². The number of aliphatic hydroxyl groups excluding tert-OH is 1. The molecule has 1 aromatic heterocycles. The van der Waals surface area contributed by atoms with Crippen LogP contribution in [0.5, 0.6) is 0 Å². The highest BCUT2D eigenvalue weighted by Gasteiger charge is 2.15. The van der Waals surface area contributed by atoms with Gasteiger partial charge in [0.15, 0.2) is 5.69 Å². The zero-order chi connectivity index (χ0) is 13.7. The van der Waals surface area contributed by atoms with Gasteiger partial charge in [-0.05, 0) is 12.3 Å². The van der Waals surface area contributed by atoms with E-state index in [9.17, 15) is 9.90 Å². The van der Waals surface area contributed by atoms with Gasteiger partial charge in [0.1, 0.15) is 5.76 Å². The van der Waals surface area contributed by atoms with E-state index in [0.717, 1.165) is 0 Å². The molecule has 0 aliphatic rings. The van der Waals surface area contributed by atoms with Crippen LogP contribution in [-0.2, 0) is 0 Å². The molecule has 1 aromatic rings. The average Bonchev–Trinajstić information content (AvgIpc) is 2.74. The second-order valence-electron chi connectivity index (χ2n) is 5.26. The molecule has 0 aromatic carbocycles. The lowest BCUT2D eigenvalue weighted by Crippen LogP contribution is -2.32. The Morgan fingerprint density at radius 3 is 2.61 bits per heavy atom. The molecule has 5 heteroatoms. The predicted molar refractivity (Wildman–Crippen MR) is 68.4 cm³/mol. The summed E-state index contributed by atoms with van der Waals surface area (Å²) < 4.78 is 5.05. The third-order valence-corrected chi connectivity index (χ3v) is 2.57. The molecule has 1 heterocycles. The number of nitrogens with one attached hydrogen (secondary N) is 1. The van der Waals surface area contributed by atoms with Crippen molar-refractivity contribution in [1.82, 2.24) is 10.5 Å². The number of rotatable bonds is 6. The summed E-state index contributed by atoms with van der Waals surface area (Å²) in [6.45, 7) is 8.22. The monoisotopic (exact) mass is 254 g/mol. The Balaban J connectivity index is 2.45. The van der Waals surface area contributed by atoms with Crippen LogP contribution in [0.3, 0.4) is 0 Å². The minimum absolute atomic E-state index is 0.200. The summed E-state index contributed by atoms with van der Waals surface area (Å²) in [5.41, 5.74) is 0.260. The number of aliphatic hydroxyl groups is 1. The molecule has 0 saturated carbocycles. The molecule has 1 rings (SSSR count). The minimum Gasteiger partial charge on any atom is -0.391 e. The molecule has 0 aliphatic carbocycles. The summed E-state index contributed by atoms with van der Waals surface area (Å²) in [4.78, 5) is 11.7. The van der Waals surface area contributed by atoms with Crippen LogP contribution in [0.4, 0.5) is 0 Å².